The first-order valence-electron chi connectivity index (χ1n) is 9.92. The lowest BCUT2D eigenvalue weighted by atomic mass is 10.2. The monoisotopic (exact) mass is 437 g/mol. The standard InChI is InChI=1S/C23H23N3O4S/c1-29-18-10-6-15(7-11-18)12-20-22(28)26(17-4-3-5-19(13-17)30-2)23(25-20)31-14-21(27)24-16-8-9-16/h3-7,10-13,16H,8-9,14H2,1-2H3,(H,24,27). The zero-order valence-corrected chi connectivity index (χ0v) is 18.1. The van der Waals surface area contributed by atoms with Crippen molar-refractivity contribution in [2.24, 2.45) is 4.99 Å². The van der Waals surface area contributed by atoms with E-state index < -0.39 is 0 Å². The third kappa shape index (κ3) is 5.08. The van der Waals surface area contributed by atoms with Gasteiger partial charge in [-0.2, -0.15) is 0 Å². The molecule has 2 aliphatic rings. The van der Waals surface area contributed by atoms with Gasteiger partial charge >= 0.3 is 0 Å². The molecule has 0 saturated heterocycles. The molecule has 0 atom stereocenters. The lowest BCUT2D eigenvalue weighted by Crippen LogP contribution is -2.32. The fourth-order valence-corrected chi connectivity index (χ4v) is 3.88. The van der Waals surface area contributed by atoms with Crippen LogP contribution in [0.25, 0.3) is 6.08 Å². The zero-order chi connectivity index (χ0) is 21.8. The number of hydrogen-bond acceptors (Lipinski definition) is 6. The zero-order valence-electron chi connectivity index (χ0n) is 17.3. The summed E-state index contributed by atoms with van der Waals surface area (Å²) in [5.74, 6) is 1.25. The molecule has 2 aromatic rings. The summed E-state index contributed by atoms with van der Waals surface area (Å²) in [5, 5.41) is 3.42. The highest BCUT2D eigenvalue weighted by Crippen LogP contribution is 2.31. The second kappa shape index (κ2) is 9.26. The first kappa shape index (κ1) is 21.0. The van der Waals surface area contributed by atoms with Crippen molar-refractivity contribution < 1.29 is 19.1 Å². The fourth-order valence-electron chi connectivity index (χ4n) is 3.06. The van der Waals surface area contributed by atoms with Crippen molar-refractivity contribution in [3.63, 3.8) is 0 Å². The Morgan fingerprint density at radius 1 is 1.16 bits per heavy atom. The maximum atomic E-state index is 13.2. The second-order valence-electron chi connectivity index (χ2n) is 7.17. The molecule has 4 rings (SSSR count). The smallest absolute Gasteiger partial charge is 0.283 e. The molecule has 7 nitrogen and oxygen atoms in total. The van der Waals surface area contributed by atoms with Crippen molar-refractivity contribution in [3.8, 4) is 11.5 Å². The van der Waals surface area contributed by atoms with Crippen molar-refractivity contribution in [1.29, 1.82) is 0 Å². The molecular weight excluding hydrogens is 414 g/mol. The minimum atomic E-state index is -0.255. The molecule has 2 amide bonds. The lowest BCUT2D eigenvalue weighted by Gasteiger charge is -2.18. The van der Waals surface area contributed by atoms with E-state index in [1.54, 1.807) is 26.4 Å². The van der Waals surface area contributed by atoms with Crippen molar-refractivity contribution in [3.05, 3.63) is 59.8 Å². The van der Waals surface area contributed by atoms with E-state index in [1.165, 1.54) is 16.7 Å². The topological polar surface area (TPSA) is 80.2 Å². The van der Waals surface area contributed by atoms with Crippen LogP contribution in [-0.4, -0.2) is 43.0 Å². The van der Waals surface area contributed by atoms with Crippen LogP contribution >= 0.6 is 11.8 Å². The largest absolute Gasteiger partial charge is 0.497 e. The SMILES string of the molecule is COc1ccc(C=C2N=C(SCC(=O)NC3CC3)N(c3cccc(OC)c3)C2=O)cc1. The molecule has 2 aromatic carbocycles. The number of anilines is 1. The molecule has 8 heteroatoms. The van der Waals surface area contributed by atoms with Gasteiger partial charge in [-0.1, -0.05) is 30.0 Å². The number of rotatable bonds is 7. The molecule has 0 unspecified atom stereocenters. The van der Waals surface area contributed by atoms with Gasteiger partial charge in [-0.3, -0.25) is 14.5 Å². The average Bonchev–Trinajstić information content (AvgIpc) is 3.55. The summed E-state index contributed by atoms with van der Waals surface area (Å²) in [7, 11) is 3.18. The fraction of sp³-hybridized carbons (Fsp3) is 0.261. The van der Waals surface area contributed by atoms with Gasteiger partial charge in [-0.25, -0.2) is 4.99 Å². The Balaban J connectivity index is 1.60. The van der Waals surface area contributed by atoms with Crippen LogP contribution in [-0.2, 0) is 9.59 Å². The normalized spacial score (nSPS) is 17.0. The molecule has 1 fully saturated rings. The third-order valence-electron chi connectivity index (χ3n) is 4.84. The van der Waals surface area contributed by atoms with E-state index in [0.29, 0.717) is 28.3 Å². The van der Waals surface area contributed by atoms with E-state index in [-0.39, 0.29) is 17.6 Å². The first-order chi connectivity index (χ1) is 15.1. The summed E-state index contributed by atoms with van der Waals surface area (Å²) in [6.07, 6.45) is 3.79. The number of aliphatic imine (C=N–C) groups is 1. The number of methoxy groups -OCH3 is 2. The van der Waals surface area contributed by atoms with Crippen LogP contribution in [0, 0.1) is 0 Å². The van der Waals surface area contributed by atoms with Gasteiger partial charge in [-0.05, 0) is 48.7 Å². The number of hydrogen-bond donors (Lipinski definition) is 1. The quantitative estimate of drug-likeness (QED) is 0.671. The maximum Gasteiger partial charge on any atom is 0.283 e. The molecule has 0 aromatic heterocycles. The number of benzene rings is 2. The van der Waals surface area contributed by atoms with Gasteiger partial charge < -0.3 is 14.8 Å². The van der Waals surface area contributed by atoms with Crippen LogP contribution in [0.2, 0.25) is 0 Å². The average molecular weight is 438 g/mol. The predicted octanol–water partition coefficient (Wildman–Crippen LogP) is 3.46. The van der Waals surface area contributed by atoms with E-state index in [1.807, 2.05) is 42.5 Å². The highest BCUT2D eigenvalue weighted by molar-refractivity contribution is 8.14. The number of amidine groups is 1. The predicted molar refractivity (Wildman–Crippen MR) is 123 cm³/mol. The maximum absolute atomic E-state index is 13.2. The molecule has 31 heavy (non-hydrogen) atoms. The van der Waals surface area contributed by atoms with Crippen molar-refractivity contribution in [2.45, 2.75) is 18.9 Å². The van der Waals surface area contributed by atoms with Gasteiger partial charge in [0.2, 0.25) is 5.91 Å². The van der Waals surface area contributed by atoms with Crippen LogP contribution in [0.1, 0.15) is 18.4 Å². The van der Waals surface area contributed by atoms with Gasteiger partial charge in [0.15, 0.2) is 5.17 Å². The molecule has 0 spiro atoms. The number of ether oxygens (including phenoxy) is 2. The van der Waals surface area contributed by atoms with Gasteiger partial charge in [0.05, 0.1) is 25.7 Å². The summed E-state index contributed by atoms with van der Waals surface area (Å²) < 4.78 is 10.5. The van der Waals surface area contributed by atoms with E-state index in [0.717, 1.165) is 24.2 Å². The Morgan fingerprint density at radius 3 is 2.58 bits per heavy atom. The molecule has 1 N–H and O–H groups in total. The highest BCUT2D eigenvalue weighted by atomic mass is 32.2. The summed E-state index contributed by atoms with van der Waals surface area (Å²) in [4.78, 5) is 31.5. The summed E-state index contributed by atoms with van der Waals surface area (Å²) in [6.45, 7) is 0. The van der Waals surface area contributed by atoms with Crippen LogP contribution in [0.4, 0.5) is 5.69 Å². The number of carbonyl (C=O) groups is 2. The van der Waals surface area contributed by atoms with Gasteiger partial charge in [0.25, 0.3) is 5.91 Å². The van der Waals surface area contributed by atoms with Crippen molar-refractivity contribution >= 4 is 40.5 Å². The molecule has 1 aliphatic carbocycles. The van der Waals surface area contributed by atoms with Crippen LogP contribution in [0.5, 0.6) is 11.5 Å². The molecule has 1 aliphatic heterocycles. The molecular formula is C23H23N3O4S. The summed E-state index contributed by atoms with van der Waals surface area (Å²) in [5.41, 5.74) is 1.77. The third-order valence-corrected chi connectivity index (χ3v) is 5.77. The van der Waals surface area contributed by atoms with Gasteiger partial charge in [0, 0.05) is 12.1 Å². The van der Waals surface area contributed by atoms with Crippen LogP contribution in [0.15, 0.2) is 59.2 Å². The molecule has 0 radical (unpaired) electrons. The molecule has 1 heterocycles. The second-order valence-corrected chi connectivity index (χ2v) is 8.11. The number of amides is 2. The minimum absolute atomic E-state index is 0.0548. The summed E-state index contributed by atoms with van der Waals surface area (Å²) in [6, 6.07) is 14.9. The number of thioether (sulfide) groups is 1. The van der Waals surface area contributed by atoms with Crippen LogP contribution in [0.3, 0.4) is 0 Å². The van der Waals surface area contributed by atoms with E-state index in [2.05, 4.69) is 10.3 Å². The van der Waals surface area contributed by atoms with Gasteiger partial charge in [-0.15, -0.1) is 0 Å². The Bertz CT molecular complexity index is 1050. The Labute approximate surface area is 185 Å². The number of carbonyl (C=O) groups excluding carboxylic acids is 2. The Morgan fingerprint density at radius 2 is 1.90 bits per heavy atom. The van der Waals surface area contributed by atoms with Crippen LogP contribution < -0.4 is 19.7 Å². The Hall–Kier alpha value is -3.26. The Kier molecular flexibility index (Phi) is 6.27. The summed E-state index contributed by atoms with van der Waals surface area (Å²) >= 11 is 1.24. The van der Waals surface area contributed by atoms with Gasteiger partial charge in [0.1, 0.15) is 17.2 Å². The molecule has 160 valence electrons. The minimum Gasteiger partial charge on any atom is -0.497 e. The number of nitrogens with one attached hydrogen (secondary N) is 1. The van der Waals surface area contributed by atoms with Crippen molar-refractivity contribution in [1.82, 2.24) is 5.32 Å². The van der Waals surface area contributed by atoms with E-state index in [9.17, 15) is 9.59 Å². The first-order valence-corrected chi connectivity index (χ1v) is 10.9. The molecule has 1 saturated carbocycles. The molecule has 0 bridgehead atoms. The number of nitrogens with zero attached hydrogens (tertiary/aromatic N) is 2. The van der Waals surface area contributed by atoms with E-state index in [4.69, 9.17) is 9.47 Å². The van der Waals surface area contributed by atoms with E-state index >= 15 is 0 Å². The van der Waals surface area contributed by atoms with Crippen molar-refractivity contribution in [2.75, 3.05) is 24.9 Å². The highest BCUT2D eigenvalue weighted by Gasteiger charge is 2.33. The lowest BCUT2D eigenvalue weighted by molar-refractivity contribution is -0.118.